The highest BCUT2D eigenvalue weighted by atomic mass is 19.1. The molecule has 0 aromatic heterocycles. The first-order valence-corrected chi connectivity index (χ1v) is 12.0. The van der Waals surface area contributed by atoms with Crippen LogP contribution in [0.3, 0.4) is 0 Å². The Bertz CT molecular complexity index is 1120. The lowest BCUT2D eigenvalue weighted by Gasteiger charge is -1.98. The average molecular weight is 493 g/mol. The number of hydrogen-bond acceptors (Lipinski definition) is 0. The van der Waals surface area contributed by atoms with Crippen LogP contribution in [-0.2, 0) is 0 Å². The van der Waals surface area contributed by atoms with Gasteiger partial charge >= 0.3 is 0 Å². The van der Waals surface area contributed by atoms with E-state index in [1.165, 1.54) is 59.9 Å². The first kappa shape index (κ1) is 30.7. The average Bonchev–Trinajstić information content (AvgIpc) is 2.78. The third kappa shape index (κ3) is 11.9. The van der Waals surface area contributed by atoms with Crippen LogP contribution in [0.1, 0.15) is 50.1 Å². The van der Waals surface area contributed by atoms with Crippen LogP contribution in [0.4, 0.5) is 13.2 Å². The largest absolute Gasteiger partial charge is 0.207 e. The Balaban J connectivity index is 0.000000241. The van der Waals surface area contributed by atoms with E-state index < -0.39 is 0 Å². The summed E-state index contributed by atoms with van der Waals surface area (Å²) < 4.78 is 37.8. The van der Waals surface area contributed by atoms with E-state index >= 15 is 0 Å². The molecule has 36 heavy (non-hydrogen) atoms. The van der Waals surface area contributed by atoms with Crippen molar-refractivity contribution in [1.29, 1.82) is 0 Å². The van der Waals surface area contributed by atoms with Gasteiger partial charge in [-0.1, -0.05) is 82.4 Å². The maximum absolute atomic E-state index is 12.6. The standard InChI is InChI=1S/C9H12.C8H8F2.C8H9F.C8H10/c1-7-4-8(2)6-9(3)5-7;1-5-3-8(10)6(2)4-7(5)9;1-6-3-4-7(2)8(9)5-6;1-7-3-5-8(2)6-4-7/h4-6H,1-3H3;3-4H,1-2H3;3-5H,1-2H3;3-6H,1-2H3. The molecule has 0 unspecified atom stereocenters. The van der Waals surface area contributed by atoms with Gasteiger partial charge in [-0.2, -0.15) is 0 Å². The molecular weight excluding hydrogens is 453 g/mol. The Morgan fingerprint density at radius 2 is 0.611 bits per heavy atom. The Morgan fingerprint density at radius 1 is 0.306 bits per heavy atom. The lowest BCUT2D eigenvalue weighted by molar-refractivity contribution is 0.585. The molecule has 4 rings (SSSR count). The smallest absolute Gasteiger partial charge is 0.126 e. The molecule has 0 saturated heterocycles. The number of rotatable bonds is 0. The van der Waals surface area contributed by atoms with Crippen molar-refractivity contribution in [3.8, 4) is 0 Å². The summed E-state index contributed by atoms with van der Waals surface area (Å²) in [6.45, 7) is 17.3. The van der Waals surface area contributed by atoms with E-state index in [4.69, 9.17) is 0 Å². The minimum absolute atomic E-state index is 0.116. The van der Waals surface area contributed by atoms with Crippen molar-refractivity contribution >= 4 is 0 Å². The van der Waals surface area contributed by atoms with Crippen molar-refractivity contribution in [2.45, 2.75) is 62.3 Å². The summed E-state index contributed by atoms with van der Waals surface area (Å²) in [6, 6.07) is 22.7. The second-order valence-electron chi connectivity index (χ2n) is 9.42. The summed E-state index contributed by atoms with van der Waals surface area (Å²) in [5.41, 5.74) is 9.10. The fraction of sp³-hybridized carbons (Fsp3) is 0.273. The summed E-state index contributed by atoms with van der Waals surface area (Å²) in [4.78, 5) is 0. The van der Waals surface area contributed by atoms with E-state index in [-0.39, 0.29) is 17.5 Å². The van der Waals surface area contributed by atoms with Crippen LogP contribution in [0.25, 0.3) is 0 Å². The summed E-state index contributed by atoms with van der Waals surface area (Å²) >= 11 is 0. The predicted molar refractivity (Wildman–Crippen MR) is 148 cm³/mol. The van der Waals surface area contributed by atoms with Gasteiger partial charge in [-0.15, -0.1) is 0 Å². The highest BCUT2D eigenvalue weighted by Gasteiger charge is 2.01. The molecule has 0 aliphatic heterocycles. The zero-order valence-corrected chi connectivity index (χ0v) is 23.1. The van der Waals surface area contributed by atoms with Gasteiger partial charge in [0.15, 0.2) is 0 Å². The van der Waals surface area contributed by atoms with Crippen LogP contribution in [0, 0.1) is 79.8 Å². The first-order chi connectivity index (χ1) is 16.8. The quantitative estimate of drug-likeness (QED) is 0.229. The molecule has 0 nitrogen and oxygen atoms in total. The van der Waals surface area contributed by atoms with E-state index in [2.05, 4.69) is 77.1 Å². The van der Waals surface area contributed by atoms with Crippen molar-refractivity contribution in [3.05, 3.63) is 140 Å². The van der Waals surface area contributed by atoms with E-state index in [1.807, 2.05) is 13.0 Å². The molecule has 192 valence electrons. The molecule has 0 aliphatic rings. The van der Waals surface area contributed by atoms with E-state index in [0.717, 1.165) is 5.56 Å². The summed E-state index contributed by atoms with van der Waals surface area (Å²) in [5.74, 6) is -0.812. The van der Waals surface area contributed by atoms with Gasteiger partial charge in [0.25, 0.3) is 0 Å². The topological polar surface area (TPSA) is 0 Å². The first-order valence-electron chi connectivity index (χ1n) is 12.0. The minimum atomic E-state index is -0.348. The van der Waals surface area contributed by atoms with Gasteiger partial charge in [0.2, 0.25) is 0 Å². The minimum Gasteiger partial charge on any atom is -0.207 e. The maximum Gasteiger partial charge on any atom is 0.126 e. The van der Waals surface area contributed by atoms with Crippen LogP contribution >= 0.6 is 0 Å². The Kier molecular flexibility index (Phi) is 12.7. The second-order valence-corrected chi connectivity index (χ2v) is 9.42. The predicted octanol–water partition coefficient (Wildman–Crippen LogP) is 9.94. The molecule has 0 heterocycles. The van der Waals surface area contributed by atoms with Gasteiger partial charge < -0.3 is 0 Å². The van der Waals surface area contributed by atoms with Gasteiger partial charge in [0.05, 0.1) is 0 Å². The molecule has 0 fully saturated rings. The molecular formula is C33H39F3. The highest BCUT2D eigenvalue weighted by molar-refractivity contribution is 5.27. The van der Waals surface area contributed by atoms with Crippen LogP contribution in [0.15, 0.2) is 72.8 Å². The van der Waals surface area contributed by atoms with Crippen molar-refractivity contribution in [1.82, 2.24) is 0 Å². The fourth-order valence-corrected chi connectivity index (χ4v) is 3.28. The van der Waals surface area contributed by atoms with Crippen molar-refractivity contribution < 1.29 is 13.2 Å². The zero-order valence-electron chi connectivity index (χ0n) is 23.1. The molecule has 4 aromatic carbocycles. The van der Waals surface area contributed by atoms with Gasteiger partial charge in [-0.05, 0) is 103 Å². The fourth-order valence-electron chi connectivity index (χ4n) is 3.28. The van der Waals surface area contributed by atoms with Crippen molar-refractivity contribution in [2.75, 3.05) is 0 Å². The van der Waals surface area contributed by atoms with Gasteiger partial charge in [-0.3, -0.25) is 0 Å². The lowest BCUT2D eigenvalue weighted by Crippen LogP contribution is -1.88. The van der Waals surface area contributed by atoms with Crippen LogP contribution < -0.4 is 0 Å². The molecule has 3 heteroatoms. The Hall–Kier alpha value is -3.33. The molecule has 0 spiro atoms. The van der Waals surface area contributed by atoms with Gasteiger partial charge in [-0.25, -0.2) is 13.2 Å². The molecule has 0 saturated carbocycles. The normalized spacial score (nSPS) is 9.67. The van der Waals surface area contributed by atoms with E-state index in [0.29, 0.717) is 16.7 Å². The molecule has 0 N–H and O–H groups in total. The number of hydrogen-bond donors (Lipinski definition) is 0. The van der Waals surface area contributed by atoms with Crippen molar-refractivity contribution in [2.24, 2.45) is 0 Å². The van der Waals surface area contributed by atoms with E-state index in [1.54, 1.807) is 13.0 Å². The third-order valence-corrected chi connectivity index (χ3v) is 5.35. The lowest BCUT2D eigenvalue weighted by atomic mass is 10.1. The Morgan fingerprint density at radius 3 is 0.917 bits per heavy atom. The second kappa shape index (κ2) is 14.9. The summed E-state index contributed by atoms with van der Waals surface area (Å²) in [5, 5.41) is 0. The monoisotopic (exact) mass is 492 g/mol. The molecule has 4 aromatic rings. The zero-order chi connectivity index (χ0) is 27.4. The maximum atomic E-state index is 12.6. The van der Waals surface area contributed by atoms with Crippen LogP contribution in [-0.4, -0.2) is 0 Å². The SMILES string of the molecule is Cc1cc(C)cc(C)c1.Cc1cc(F)c(C)cc1F.Cc1ccc(C)c(F)c1.Cc1ccc(C)cc1. The van der Waals surface area contributed by atoms with Gasteiger partial charge in [0, 0.05) is 0 Å². The van der Waals surface area contributed by atoms with Crippen LogP contribution in [0.5, 0.6) is 0 Å². The number of benzene rings is 4. The Labute approximate surface area is 215 Å². The molecule has 0 radical (unpaired) electrons. The van der Waals surface area contributed by atoms with Crippen LogP contribution in [0.2, 0.25) is 0 Å². The van der Waals surface area contributed by atoms with Gasteiger partial charge in [0.1, 0.15) is 17.5 Å². The number of aryl methyl sites for hydroxylation is 9. The molecule has 0 aliphatic carbocycles. The molecule has 0 atom stereocenters. The number of halogens is 3. The third-order valence-electron chi connectivity index (χ3n) is 5.35. The molecule has 0 amide bonds. The van der Waals surface area contributed by atoms with Crippen molar-refractivity contribution in [3.63, 3.8) is 0 Å². The van der Waals surface area contributed by atoms with E-state index in [9.17, 15) is 13.2 Å². The summed E-state index contributed by atoms with van der Waals surface area (Å²) in [7, 11) is 0. The highest BCUT2D eigenvalue weighted by Crippen LogP contribution is 2.12. The molecule has 0 bridgehead atoms. The summed E-state index contributed by atoms with van der Waals surface area (Å²) in [6.07, 6.45) is 0.